The van der Waals surface area contributed by atoms with Crippen LogP contribution in [0.25, 0.3) is 0 Å². The first kappa shape index (κ1) is 13.8. The first-order valence-electron chi connectivity index (χ1n) is 6.02. The van der Waals surface area contributed by atoms with Gasteiger partial charge in [0.05, 0.1) is 7.11 Å². The average molecular weight is 319 g/mol. The molecule has 0 aliphatic rings. The van der Waals surface area contributed by atoms with Gasteiger partial charge in [-0.05, 0) is 25.1 Å². The zero-order valence-electron chi connectivity index (χ0n) is 10.9. The summed E-state index contributed by atoms with van der Waals surface area (Å²) in [7, 11) is 1.62. The van der Waals surface area contributed by atoms with Gasteiger partial charge in [-0.2, -0.15) is 0 Å². The van der Waals surface area contributed by atoms with Gasteiger partial charge in [0, 0.05) is 22.0 Å². The van der Waals surface area contributed by atoms with Crippen LogP contribution in [0.15, 0.2) is 46.9 Å². The molecular weight excluding hydrogens is 304 g/mol. The van der Waals surface area contributed by atoms with Gasteiger partial charge in [0.25, 0.3) is 0 Å². The number of aryl methyl sites for hydroxylation is 1. The van der Waals surface area contributed by atoms with Crippen molar-refractivity contribution >= 4 is 21.7 Å². The van der Waals surface area contributed by atoms with Crippen LogP contribution in [-0.4, -0.2) is 12.9 Å². The first-order valence-corrected chi connectivity index (χ1v) is 6.81. The lowest BCUT2D eigenvalue weighted by Gasteiger charge is -2.09. The van der Waals surface area contributed by atoms with Crippen LogP contribution in [0.2, 0.25) is 0 Å². The van der Waals surface area contributed by atoms with Crippen LogP contribution in [0.4, 0.5) is 0 Å². The molecular formula is C16H15BrO2. The second kappa shape index (κ2) is 6.02. The Kier molecular flexibility index (Phi) is 4.38. The van der Waals surface area contributed by atoms with E-state index < -0.39 is 0 Å². The molecule has 19 heavy (non-hydrogen) atoms. The Morgan fingerprint density at radius 1 is 1.21 bits per heavy atom. The third-order valence-electron chi connectivity index (χ3n) is 2.93. The lowest BCUT2D eigenvalue weighted by Crippen LogP contribution is -2.05. The molecule has 98 valence electrons. The number of hydrogen-bond acceptors (Lipinski definition) is 2. The molecule has 3 heteroatoms. The minimum absolute atomic E-state index is 0.0881. The molecule has 0 fully saturated rings. The molecule has 2 rings (SSSR count). The van der Waals surface area contributed by atoms with Gasteiger partial charge in [-0.15, -0.1) is 0 Å². The van der Waals surface area contributed by atoms with Crippen molar-refractivity contribution in [3.05, 3.63) is 63.6 Å². The number of rotatable bonds is 4. The summed E-state index contributed by atoms with van der Waals surface area (Å²) in [6.45, 7) is 2.01. The number of ether oxygens (including phenoxy) is 1. The van der Waals surface area contributed by atoms with Crippen molar-refractivity contribution in [1.82, 2.24) is 0 Å². The third kappa shape index (κ3) is 3.44. The minimum atomic E-state index is 0.0881. The number of carbonyl (C=O) groups excluding carboxylic acids is 1. The van der Waals surface area contributed by atoms with E-state index in [1.807, 2.05) is 49.4 Å². The van der Waals surface area contributed by atoms with Gasteiger partial charge in [0.15, 0.2) is 5.78 Å². The highest BCUT2D eigenvalue weighted by molar-refractivity contribution is 9.10. The summed E-state index contributed by atoms with van der Waals surface area (Å²) in [4.78, 5) is 12.3. The number of halogens is 1. The van der Waals surface area contributed by atoms with E-state index in [0.29, 0.717) is 12.0 Å². The molecule has 0 unspecified atom stereocenters. The van der Waals surface area contributed by atoms with E-state index >= 15 is 0 Å². The Balaban J connectivity index is 2.26. The van der Waals surface area contributed by atoms with Crippen LogP contribution in [0, 0.1) is 6.92 Å². The lowest BCUT2D eigenvalue weighted by molar-refractivity contribution is 0.0992. The molecule has 0 saturated carbocycles. The van der Waals surface area contributed by atoms with Gasteiger partial charge in [-0.25, -0.2) is 0 Å². The molecule has 0 bridgehead atoms. The average Bonchev–Trinajstić information content (AvgIpc) is 2.39. The van der Waals surface area contributed by atoms with Crippen molar-refractivity contribution < 1.29 is 9.53 Å². The van der Waals surface area contributed by atoms with Gasteiger partial charge in [-0.3, -0.25) is 4.79 Å². The highest BCUT2D eigenvalue weighted by Gasteiger charge is 2.11. The van der Waals surface area contributed by atoms with E-state index in [-0.39, 0.29) is 5.78 Å². The van der Waals surface area contributed by atoms with Gasteiger partial charge in [-0.1, -0.05) is 45.8 Å². The number of benzene rings is 2. The van der Waals surface area contributed by atoms with E-state index in [4.69, 9.17) is 4.74 Å². The van der Waals surface area contributed by atoms with E-state index in [1.54, 1.807) is 7.11 Å². The fourth-order valence-corrected chi connectivity index (χ4v) is 2.38. The predicted octanol–water partition coefficient (Wildman–Crippen LogP) is 4.19. The summed E-state index contributed by atoms with van der Waals surface area (Å²) in [5.41, 5.74) is 2.75. The summed E-state index contributed by atoms with van der Waals surface area (Å²) in [5.74, 6) is 0.846. The van der Waals surface area contributed by atoms with Gasteiger partial charge < -0.3 is 4.74 Å². The van der Waals surface area contributed by atoms with E-state index in [9.17, 15) is 4.79 Å². The van der Waals surface area contributed by atoms with Crippen LogP contribution < -0.4 is 4.74 Å². The monoisotopic (exact) mass is 318 g/mol. The van der Waals surface area contributed by atoms with Crippen molar-refractivity contribution in [2.45, 2.75) is 13.3 Å². The van der Waals surface area contributed by atoms with Crippen molar-refractivity contribution in [3.8, 4) is 5.75 Å². The second-order valence-corrected chi connectivity index (χ2v) is 5.34. The van der Waals surface area contributed by atoms with E-state index in [0.717, 1.165) is 21.3 Å². The molecule has 0 aromatic heterocycles. The van der Waals surface area contributed by atoms with Crippen LogP contribution in [-0.2, 0) is 6.42 Å². The Hall–Kier alpha value is -1.61. The van der Waals surface area contributed by atoms with Crippen LogP contribution in [0.5, 0.6) is 5.75 Å². The number of Topliss-reactive ketones (excluding diaryl/α,β-unsaturated/α-hetero) is 1. The van der Waals surface area contributed by atoms with Crippen molar-refractivity contribution in [3.63, 3.8) is 0 Å². The molecule has 0 amide bonds. The molecule has 0 heterocycles. The van der Waals surface area contributed by atoms with E-state index in [2.05, 4.69) is 15.9 Å². The maximum atomic E-state index is 12.3. The van der Waals surface area contributed by atoms with E-state index in [1.165, 1.54) is 0 Å². The number of methoxy groups -OCH3 is 1. The lowest BCUT2D eigenvalue weighted by atomic mass is 10.0. The largest absolute Gasteiger partial charge is 0.496 e. The minimum Gasteiger partial charge on any atom is -0.496 e. The van der Waals surface area contributed by atoms with Gasteiger partial charge >= 0.3 is 0 Å². The fraction of sp³-hybridized carbons (Fsp3) is 0.188. The third-order valence-corrected chi connectivity index (χ3v) is 3.43. The van der Waals surface area contributed by atoms with Crippen molar-refractivity contribution in [2.75, 3.05) is 7.11 Å². The molecule has 0 aliphatic carbocycles. The molecule has 2 aromatic rings. The summed E-state index contributed by atoms with van der Waals surface area (Å²) < 4.78 is 6.21. The molecule has 0 radical (unpaired) electrons. The van der Waals surface area contributed by atoms with Crippen molar-refractivity contribution in [1.29, 1.82) is 0 Å². The highest BCUT2D eigenvalue weighted by atomic mass is 79.9. The number of carbonyl (C=O) groups is 1. The molecule has 0 saturated heterocycles. The van der Waals surface area contributed by atoms with Gasteiger partial charge in [0.2, 0.25) is 0 Å². The quantitative estimate of drug-likeness (QED) is 0.790. The molecule has 0 spiro atoms. The number of hydrogen-bond donors (Lipinski definition) is 0. The highest BCUT2D eigenvalue weighted by Crippen LogP contribution is 2.22. The topological polar surface area (TPSA) is 26.3 Å². The Labute approximate surface area is 121 Å². The maximum absolute atomic E-state index is 12.3. The molecule has 0 N–H and O–H groups in total. The SMILES string of the molecule is COc1ccc(C)cc1CC(=O)c1cccc(Br)c1. The number of ketones is 1. The van der Waals surface area contributed by atoms with Crippen LogP contribution in [0.1, 0.15) is 21.5 Å². The summed E-state index contributed by atoms with van der Waals surface area (Å²) in [6, 6.07) is 13.3. The summed E-state index contributed by atoms with van der Waals surface area (Å²) in [5, 5.41) is 0. The normalized spacial score (nSPS) is 10.3. The second-order valence-electron chi connectivity index (χ2n) is 4.43. The fourth-order valence-electron chi connectivity index (χ4n) is 1.98. The maximum Gasteiger partial charge on any atom is 0.167 e. The summed E-state index contributed by atoms with van der Waals surface area (Å²) in [6.07, 6.45) is 0.349. The van der Waals surface area contributed by atoms with Crippen LogP contribution >= 0.6 is 15.9 Å². The Bertz CT molecular complexity index is 605. The zero-order chi connectivity index (χ0) is 13.8. The summed E-state index contributed by atoms with van der Waals surface area (Å²) >= 11 is 3.38. The molecule has 0 aliphatic heterocycles. The standard InChI is InChI=1S/C16H15BrO2/c1-11-6-7-16(19-2)13(8-11)10-15(18)12-4-3-5-14(17)9-12/h3-9H,10H2,1-2H3. The van der Waals surface area contributed by atoms with Gasteiger partial charge in [0.1, 0.15) is 5.75 Å². The molecule has 2 nitrogen and oxygen atoms in total. The Morgan fingerprint density at radius 3 is 2.68 bits per heavy atom. The van der Waals surface area contributed by atoms with Crippen molar-refractivity contribution in [2.24, 2.45) is 0 Å². The molecule has 0 atom stereocenters. The first-order chi connectivity index (χ1) is 9.10. The zero-order valence-corrected chi connectivity index (χ0v) is 12.5. The predicted molar refractivity (Wildman–Crippen MR) is 79.9 cm³/mol. The Morgan fingerprint density at radius 2 is 2.00 bits per heavy atom. The molecule has 2 aromatic carbocycles. The smallest absolute Gasteiger partial charge is 0.167 e. The van der Waals surface area contributed by atoms with Crippen LogP contribution in [0.3, 0.4) is 0 Å².